The van der Waals surface area contributed by atoms with Crippen LogP contribution >= 0.6 is 0 Å². The molecule has 0 spiro atoms. The van der Waals surface area contributed by atoms with Crippen LogP contribution in [0.1, 0.15) is 5.56 Å². The maximum atomic E-state index is 12.1. The second kappa shape index (κ2) is 7.84. The van der Waals surface area contributed by atoms with E-state index in [1.807, 2.05) is 48.5 Å². The second-order valence-electron chi connectivity index (χ2n) is 6.25. The van der Waals surface area contributed by atoms with Gasteiger partial charge in [-0.2, -0.15) is 0 Å². The average molecular weight is 374 g/mol. The van der Waals surface area contributed by atoms with Gasteiger partial charge in [0.1, 0.15) is 13.2 Å². The Kier molecular flexibility index (Phi) is 4.93. The lowest BCUT2D eigenvalue weighted by Gasteiger charge is -2.11. The molecule has 1 N–H and O–H groups in total. The summed E-state index contributed by atoms with van der Waals surface area (Å²) in [4.78, 5) is 29.5. The van der Waals surface area contributed by atoms with Crippen LogP contribution < -0.4 is 10.2 Å². The number of carbonyl (C=O) groups is 2. The van der Waals surface area contributed by atoms with Gasteiger partial charge in [0, 0.05) is 11.3 Å². The lowest BCUT2D eigenvalue weighted by molar-refractivity contribution is -0.121. The SMILES string of the molecule is O=C(Cn1cnc2ccccc21)NCC#Cc1ccc(N2CCOC2=O)cc1. The molecule has 2 aromatic carbocycles. The molecule has 0 atom stereocenters. The number of hydrogen-bond acceptors (Lipinski definition) is 4. The van der Waals surface area contributed by atoms with Gasteiger partial charge in [-0.05, 0) is 36.4 Å². The van der Waals surface area contributed by atoms with Crippen LogP contribution in [-0.2, 0) is 16.1 Å². The van der Waals surface area contributed by atoms with Crippen molar-refractivity contribution in [3.63, 3.8) is 0 Å². The highest BCUT2D eigenvalue weighted by Gasteiger charge is 2.23. The fourth-order valence-electron chi connectivity index (χ4n) is 2.99. The van der Waals surface area contributed by atoms with E-state index in [0.29, 0.717) is 13.2 Å². The summed E-state index contributed by atoms with van der Waals surface area (Å²) < 4.78 is 6.73. The molecule has 3 aromatic rings. The summed E-state index contributed by atoms with van der Waals surface area (Å²) in [5.74, 6) is 5.81. The first-order valence-corrected chi connectivity index (χ1v) is 8.90. The van der Waals surface area contributed by atoms with Crippen molar-refractivity contribution in [3.05, 3.63) is 60.4 Å². The first-order valence-electron chi connectivity index (χ1n) is 8.90. The number of carbonyl (C=O) groups excluding carboxylic acids is 2. The summed E-state index contributed by atoms with van der Waals surface area (Å²) in [6, 6.07) is 15.0. The van der Waals surface area contributed by atoms with Crippen LogP contribution in [0.2, 0.25) is 0 Å². The summed E-state index contributed by atoms with van der Waals surface area (Å²) in [7, 11) is 0. The van der Waals surface area contributed by atoms with Gasteiger partial charge in [-0.15, -0.1) is 0 Å². The fourth-order valence-corrected chi connectivity index (χ4v) is 2.99. The van der Waals surface area contributed by atoms with Crippen molar-refractivity contribution in [2.75, 3.05) is 24.6 Å². The summed E-state index contributed by atoms with van der Waals surface area (Å²) in [6.07, 6.45) is 1.33. The van der Waals surface area contributed by atoms with Gasteiger partial charge in [-0.3, -0.25) is 9.69 Å². The van der Waals surface area contributed by atoms with Gasteiger partial charge in [-0.1, -0.05) is 24.0 Å². The van der Waals surface area contributed by atoms with E-state index in [-0.39, 0.29) is 25.1 Å². The summed E-state index contributed by atoms with van der Waals surface area (Å²) in [5, 5.41) is 2.79. The molecule has 4 rings (SSSR count). The van der Waals surface area contributed by atoms with Crippen LogP contribution in [0.4, 0.5) is 10.5 Å². The molecular formula is C21H18N4O3. The average Bonchev–Trinajstić information content (AvgIpc) is 3.32. The van der Waals surface area contributed by atoms with Gasteiger partial charge in [0.2, 0.25) is 5.91 Å². The number of nitrogens with zero attached hydrogens (tertiary/aromatic N) is 3. The van der Waals surface area contributed by atoms with Gasteiger partial charge in [-0.25, -0.2) is 9.78 Å². The largest absolute Gasteiger partial charge is 0.447 e. The van der Waals surface area contributed by atoms with Gasteiger partial charge in [0.15, 0.2) is 0 Å². The lowest BCUT2D eigenvalue weighted by atomic mass is 10.2. The zero-order valence-corrected chi connectivity index (χ0v) is 15.1. The maximum Gasteiger partial charge on any atom is 0.414 e. The van der Waals surface area contributed by atoms with Crippen molar-refractivity contribution in [2.45, 2.75) is 6.54 Å². The number of cyclic esters (lactones) is 1. The van der Waals surface area contributed by atoms with E-state index in [9.17, 15) is 9.59 Å². The molecule has 1 aromatic heterocycles. The number of hydrogen-bond donors (Lipinski definition) is 1. The Hall–Kier alpha value is -3.79. The minimum absolute atomic E-state index is 0.125. The molecule has 0 bridgehead atoms. The molecule has 0 radical (unpaired) electrons. The summed E-state index contributed by atoms with van der Waals surface area (Å²) >= 11 is 0. The highest BCUT2D eigenvalue weighted by Crippen LogP contribution is 2.18. The number of rotatable bonds is 4. The maximum absolute atomic E-state index is 12.1. The van der Waals surface area contributed by atoms with Gasteiger partial charge < -0.3 is 14.6 Å². The van der Waals surface area contributed by atoms with Crippen molar-refractivity contribution in [2.24, 2.45) is 0 Å². The van der Waals surface area contributed by atoms with Crippen LogP contribution in [0, 0.1) is 11.8 Å². The molecule has 1 saturated heterocycles. The number of aromatic nitrogens is 2. The molecule has 1 fully saturated rings. The van der Waals surface area contributed by atoms with E-state index < -0.39 is 0 Å². The van der Waals surface area contributed by atoms with Gasteiger partial charge >= 0.3 is 6.09 Å². The zero-order chi connectivity index (χ0) is 19.3. The van der Waals surface area contributed by atoms with Crippen LogP contribution in [0.15, 0.2) is 54.9 Å². The summed E-state index contributed by atoms with van der Waals surface area (Å²) in [6.45, 7) is 1.42. The fraction of sp³-hybridized carbons (Fsp3) is 0.190. The highest BCUT2D eigenvalue weighted by molar-refractivity contribution is 5.89. The van der Waals surface area contributed by atoms with Crippen LogP contribution in [-0.4, -0.2) is 41.2 Å². The van der Waals surface area contributed by atoms with Crippen molar-refractivity contribution < 1.29 is 14.3 Å². The van der Waals surface area contributed by atoms with Crippen molar-refractivity contribution >= 4 is 28.7 Å². The number of anilines is 1. The number of benzene rings is 2. The normalized spacial score (nSPS) is 13.1. The Labute approximate surface area is 161 Å². The molecule has 0 aliphatic carbocycles. The molecule has 7 heteroatoms. The molecule has 0 saturated carbocycles. The number of nitrogens with one attached hydrogen (secondary N) is 1. The molecule has 7 nitrogen and oxygen atoms in total. The van der Waals surface area contributed by atoms with Crippen LogP contribution in [0.5, 0.6) is 0 Å². The third-order valence-corrected chi connectivity index (χ3v) is 4.39. The first kappa shape index (κ1) is 17.6. The molecular weight excluding hydrogens is 356 g/mol. The minimum atomic E-state index is -0.327. The van der Waals surface area contributed by atoms with E-state index in [0.717, 1.165) is 22.3 Å². The molecule has 2 amide bonds. The van der Waals surface area contributed by atoms with Crippen molar-refractivity contribution in [1.29, 1.82) is 0 Å². The predicted molar refractivity (Wildman–Crippen MR) is 105 cm³/mol. The van der Waals surface area contributed by atoms with Gasteiger partial charge in [0.25, 0.3) is 0 Å². The molecule has 28 heavy (non-hydrogen) atoms. The predicted octanol–water partition coefficient (Wildman–Crippen LogP) is 2.16. The molecule has 1 aliphatic rings. The number of fused-ring (bicyclic) bond motifs is 1. The van der Waals surface area contributed by atoms with E-state index in [1.54, 1.807) is 15.8 Å². The lowest BCUT2D eigenvalue weighted by Crippen LogP contribution is -2.27. The van der Waals surface area contributed by atoms with E-state index in [2.05, 4.69) is 22.1 Å². The monoisotopic (exact) mass is 374 g/mol. The van der Waals surface area contributed by atoms with E-state index in [1.165, 1.54) is 0 Å². The number of amides is 2. The Morgan fingerprint density at radius 2 is 2.00 bits per heavy atom. The highest BCUT2D eigenvalue weighted by atomic mass is 16.6. The van der Waals surface area contributed by atoms with Crippen molar-refractivity contribution in [3.8, 4) is 11.8 Å². The Bertz CT molecular complexity index is 1080. The quantitative estimate of drug-likeness (QED) is 0.710. The van der Waals surface area contributed by atoms with E-state index >= 15 is 0 Å². The van der Waals surface area contributed by atoms with E-state index in [4.69, 9.17) is 4.74 Å². The Morgan fingerprint density at radius 1 is 1.18 bits per heavy atom. The third kappa shape index (κ3) is 3.81. The van der Waals surface area contributed by atoms with Crippen LogP contribution in [0.3, 0.4) is 0 Å². The minimum Gasteiger partial charge on any atom is -0.447 e. The smallest absolute Gasteiger partial charge is 0.414 e. The van der Waals surface area contributed by atoms with Crippen molar-refractivity contribution in [1.82, 2.24) is 14.9 Å². The first-order chi connectivity index (χ1) is 13.7. The molecule has 1 aliphatic heterocycles. The number of ether oxygens (including phenoxy) is 1. The Morgan fingerprint density at radius 3 is 2.79 bits per heavy atom. The van der Waals surface area contributed by atoms with Gasteiger partial charge in [0.05, 0.1) is 30.5 Å². The third-order valence-electron chi connectivity index (χ3n) is 4.39. The summed E-state index contributed by atoms with van der Waals surface area (Å²) in [5.41, 5.74) is 3.38. The van der Waals surface area contributed by atoms with Crippen LogP contribution in [0.25, 0.3) is 11.0 Å². The second-order valence-corrected chi connectivity index (χ2v) is 6.25. The molecule has 140 valence electrons. The Balaban J connectivity index is 1.30. The standard InChI is InChI=1S/C21H18N4O3/c26-20(14-24-15-23-18-5-1-2-6-19(18)24)22-11-3-4-16-7-9-17(10-8-16)25-12-13-28-21(25)27/h1-2,5-10,15H,11-14H2,(H,22,26). The topological polar surface area (TPSA) is 76.5 Å². The molecule has 0 unspecified atom stereocenters. The molecule has 2 heterocycles. The number of imidazole rings is 1. The zero-order valence-electron chi connectivity index (χ0n) is 15.1. The number of para-hydroxylation sites is 2.